The second kappa shape index (κ2) is 9.36. The molecular weight excluding hydrogens is 529 g/mol. The minimum absolute atomic E-state index is 0.00668. The normalized spacial score (nSPS) is 18.5. The number of carbonyl (C=O) groups is 1. The Balaban J connectivity index is 1.76. The quantitative estimate of drug-likeness (QED) is 0.355. The Hall–Kier alpha value is -2.77. The van der Waals surface area contributed by atoms with Gasteiger partial charge in [0, 0.05) is 6.20 Å². The van der Waals surface area contributed by atoms with Crippen molar-refractivity contribution < 1.29 is 31.1 Å². The van der Waals surface area contributed by atoms with Crippen molar-refractivity contribution in [2.75, 3.05) is 11.9 Å². The number of nitrogens with one attached hydrogen (secondary N) is 1. The number of aromatic nitrogens is 3. The Kier molecular flexibility index (Phi) is 6.77. The summed E-state index contributed by atoms with van der Waals surface area (Å²) in [6.07, 6.45) is -2.54. The van der Waals surface area contributed by atoms with Gasteiger partial charge in [-0.05, 0) is 49.7 Å². The summed E-state index contributed by atoms with van der Waals surface area (Å²) in [7, 11) is -4.06. The largest absolute Gasteiger partial charge is 0.465 e. The van der Waals surface area contributed by atoms with Crippen LogP contribution >= 0.6 is 23.4 Å². The fourth-order valence-electron chi connectivity index (χ4n) is 3.45. The molecular formula is C21H18ClF3N4O4S2. The molecule has 1 aliphatic rings. The van der Waals surface area contributed by atoms with Gasteiger partial charge in [-0.1, -0.05) is 17.7 Å². The highest BCUT2D eigenvalue weighted by Crippen LogP contribution is 2.44. The van der Waals surface area contributed by atoms with E-state index < -0.39 is 38.4 Å². The van der Waals surface area contributed by atoms with Crippen molar-refractivity contribution in [2.45, 2.75) is 36.2 Å². The summed E-state index contributed by atoms with van der Waals surface area (Å²) in [5.74, 6) is -0.862. The van der Waals surface area contributed by atoms with Crippen molar-refractivity contribution in [3.63, 3.8) is 0 Å². The monoisotopic (exact) mass is 546 g/mol. The van der Waals surface area contributed by atoms with Crippen LogP contribution in [0.25, 0.3) is 11.0 Å². The summed E-state index contributed by atoms with van der Waals surface area (Å²) in [6.45, 7) is 3.35. The number of benzene rings is 1. The number of ether oxygens (including phenoxy) is 1. The van der Waals surface area contributed by atoms with E-state index in [2.05, 4.69) is 15.3 Å². The third-order valence-electron chi connectivity index (χ3n) is 5.07. The van der Waals surface area contributed by atoms with E-state index in [1.165, 1.54) is 24.4 Å². The number of nitrogens with zero attached hydrogens (tertiary/aromatic N) is 3. The lowest BCUT2D eigenvalue weighted by Gasteiger charge is -2.19. The van der Waals surface area contributed by atoms with Crippen molar-refractivity contribution in [1.29, 1.82) is 0 Å². The Morgan fingerprint density at radius 1 is 1.23 bits per heavy atom. The molecule has 0 saturated carbocycles. The standard InChI is InChI=1S/C21H18ClF3N4O4S2/c1-3-33-19(30)16-14(10-15(34-16)21(23,24)25)26-17-13-8-9-29(18(13)28-20(22)27-17)35(31,32)12-6-4-11(2)5-7-12/h4-10,14,16H,3H2,1-2H3,(H,26,27,28). The van der Waals surface area contributed by atoms with Crippen LogP contribution in [-0.4, -0.2) is 52.4 Å². The van der Waals surface area contributed by atoms with Crippen LogP contribution in [0.15, 0.2) is 52.4 Å². The van der Waals surface area contributed by atoms with Crippen molar-refractivity contribution in [3.05, 3.63) is 58.4 Å². The van der Waals surface area contributed by atoms with Gasteiger partial charge < -0.3 is 10.1 Å². The number of rotatable bonds is 6. The predicted octanol–water partition coefficient (Wildman–Crippen LogP) is 4.54. The van der Waals surface area contributed by atoms with Crippen molar-refractivity contribution in [1.82, 2.24) is 13.9 Å². The predicted molar refractivity (Wildman–Crippen MR) is 126 cm³/mol. The van der Waals surface area contributed by atoms with E-state index in [-0.39, 0.29) is 33.6 Å². The molecule has 2 atom stereocenters. The highest BCUT2D eigenvalue weighted by Gasteiger charge is 2.45. The number of aryl methyl sites for hydroxylation is 1. The van der Waals surface area contributed by atoms with Crippen LogP contribution in [0.5, 0.6) is 0 Å². The van der Waals surface area contributed by atoms with E-state index in [0.29, 0.717) is 11.8 Å². The molecule has 4 rings (SSSR count). The Morgan fingerprint density at radius 3 is 2.54 bits per heavy atom. The van der Waals surface area contributed by atoms with Crippen LogP contribution in [0.4, 0.5) is 19.0 Å². The summed E-state index contributed by atoms with van der Waals surface area (Å²) in [5, 5.41) is 1.40. The van der Waals surface area contributed by atoms with Gasteiger partial charge in [0.1, 0.15) is 11.1 Å². The summed E-state index contributed by atoms with van der Waals surface area (Å²) in [6, 6.07) is 6.43. The Morgan fingerprint density at radius 2 is 1.91 bits per heavy atom. The van der Waals surface area contributed by atoms with Crippen LogP contribution in [0.3, 0.4) is 0 Å². The molecule has 0 spiro atoms. The molecule has 1 aliphatic heterocycles. The lowest BCUT2D eigenvalue weighted by Crippen LogP contribution is -2.34. The third kappa shape index (κ3) is 4.98. The maximum Gasteiger partial charge on any atom is 0.422 e. The van der Waals surface area contributed by atoms with Crippen molar-refractivity contribution in [2.24, 2.45) is 0 Å². The average molecular weight is 547 g/mol. The number of alkyl halides is 3. The van der Waals surface area contributed by atoms with Crippen molar-refractivity contribution >= 4 is 56.2 Å². The lowest BCUT2D eigenvalue weighted by molar-refractivity contribution is -0.142. The van der Waals surface area contributed by atoms with Gasteiger partial charge in [-0.25, -0.2) is 17.4 Å². The number of allylic oxidation sites excluding steroid dienone is 1. The molecule has 0 amide bonds. The highest BCUT2D eigenvalue weighted by molar-refractivity contribution is 8.04. The molecule has 0 fully saturated rings. The summed E-state index contributed by atoms with van der Waals surface area (Å²) in [4.78, 5) is 19.5. The first-order valence-electron chi connectivity index (χ1n) is 10.2. The van der Waals surface area contributed by atoms with Gasteiger partial charge in [-0.2, -0.15) is 18.2 Å². The molecule has 0 radical (unpaired) electrons. The molecule has 2 unspecified atom stereocenters. The van der Waals surface area contributed by atoms with E-state index in [0.717, 1.165) is 15.6 Å². The van der Waals surface area contributed by atoms with Gasteiger partial charge in [0.15, 0.2) is 5.65 Å². The second-order valence-electron chi connectivity index (χ2n) is 7.50. The van der Waals surface area contributed by atoms with Crippen LogP contribution in [-0.2, 0) is 19.6 Å². The number of anilines is 1. The maximum absolute atomic E-state index is 13.3. The molecule has 0 aliphatic carbocycles. The zero-order valence-corrected chi connectivity index (χ0v) is 20.6. The van der Waals surface area contributed by atoms with Crippen molar-refractivity contribution in [3.8, 4) is 0 Å². The average Bonchev–Trinajstić information content (AvgIpc) is 3.39. The SMILES string of the molecule is CCOC(=O)C1SC(C(F)(F)F)=CC1Nc1nc(Cl)nc2c1ccn2S(=O)(=O)c1ccc(C)cc1. The number of halogens is 4. The first-order valence-corrected chi connectivity index (χ1v) is 12.9. The number of hydrogen-bond acceptors (Lipinski definition) is 8. The Bertz CT molecular complexity index is 1420. The van der Waals surface area contributed by atoms with Gasteiger partial charge >= 0.3 is 12.1 Å². The molecule has 2 aromatic heterocycles. The maximum atomic E-state index is 13.3. The van der Waals surface area contributed by atoms with E-state index in [1.807, 2.05) is 6.92 Å². The van der Waals surface area contributed by atoms with Gasteiger partial charge in [0.25, 0.3) is 10.0 Å². The molecule has 0 saturated heterocycles. The lowest BCUT2D eigenvalue weighted by atomic mass is 10.1. The van der Waals surface area contributed by atoms with E-state index >= 15 is 0 Å². The molecule has 0 bridgehead atoms. The van der Waals surface area contributed by atoms with Crippen LogP contribution in [0.2, 0.25) is 5.28 Å². The number of esters is 1. The first-order chi connectivity index (χ1) is 16.4. The van der Waals surface area contributed by atoms with Crippen LogP contribution in [0.1, 0.15) is 12.5 Å². The molecule has 3 aromatic rings. The highest BCUT2D eigenvalue weighted by atomic mass is 35.5. The fourth-order valence-corrected chi connectivity index (χ4v) is 6.00. The second-order valence-corrected chi connectivity index (χ2v) is 10.8. The molecule has 8 nitrogen and oxygen atoms in total. The topological polar surface area (TPSA) is 103 Å². The van der Waals surface area contributed by atoms with E-state index in [4.69, 9.17) is 16.3 Å². The zero-order chi connectivity index (χ0) is 25.5. The van der Waals surface area contributed by atoms with Gasteiger partial charge in [0.05, 0.1) is 27.8 Å². The van der Waals surface area contributed by atoms with Crippen LogP contribution in [0, 0.1) is 6.92 Å². The number of thioether (sulfide) groups is 1. The molecule has 1 N–H and O–H groups in total. The summed E-state index contributed by atoms with van der Waals surface area (Å²) in [5.41, 5.74) is 0.793. The molecule has 3 heterocycles. The number of carbonyl (C=O) groups excluding carboxylic acids is 1. The van der Waals surface area contributed by atoms with E-state index in [1.54, 1.807) is 19.1 Å². The number of fused-ring (bicyclic) bond motifs is 1. The fraction of sp³-hybridized carbons (Fsp3) is 0.286. The smallest absolute Gasteiger partial charge is 0.422 e. The molecule has 1 aromatic carbocycles. The summed E-state index contributed by atoms with van der Waals surface area (Å²) >= 11 is 6.37. The molecule has 35 heavy (non-hydrogen) atoms. The van der Waals surface area contributed by atoms with E-state index in [9.17, 15) is 26.4 Å². The first kappa shape index (κ1) is 25.3. The third-order valence-corrected chi connectivity index (χ3v) is 8.28. The van der Waals surface area contributed by atoms with Gasteiger partial charge in [-0.15, -0.1) is 11.8 Å². The molecule has 186 valence electrons. The Labute approximate surface area is 207 Å². The number of hydrogen-bond donors (Lipinski definition) is 1. The van der Waals surface area contributed by atoms with Gasteiger partial charge in [0.2, 0.25) is 5.28 Å². The molecule has 14 heteroatoms. The minimum atomic E-state index is -4.66. The summed E-state index contributed by atoms with van der Waals surface area (Å²) < 4.78 is 72.3. The van der Waals surface area contributed by atoms with Gasteiger partial charge in [-0.3, -0.25) is 4.79 Å². The zero-order valence-electron chi connectivity index (χ0n) is 18.2. The minimum Gasteiger partial charge on any atom is -0.465 e. The van der Waals surface area contributed by atoms with Crippen LogP contribution < -0.4 is 5.32 Å².